The van der Waals surface area contributed by atoms with Crippen molar-refractivity contribution < 1.29 is 9.90 Å². The van der Waals surface area contributed by atoms with Crippen molar-refractivity contribution in [2.24, 2.45) is 5.92 Å². The quantitative estimate of drug-likeness (QED) is 0.819. The van der Waals surface area contributed by atoms with E-state index in [0.29, 0.717) is 17.9 Å². The Kier molecular flexibility index (Phi) is 4.53. The first-order chi connectivity index (χ1) is 10.8. The fourth-order valence-electron chi connectivity index (χ4n) is 2.67. The summed E-state index contributed by atoms with van der Waals surface area (Å²) in [6.07, 6.45) is 8.37. The van der Waals surface area contributed by atoms with Crippen molar-refractivity contribution in [2.75, 3.05) is 6.61 Å². The maximum absolute atomic E-state index is 12.3. The molecule has 22 heavy (non-hydrogen) atoms. The van der Waals surface area contributed by atoms with Gasteiger partial charge in [0.25, 0.3) is 5.91 Å². The van der Waals surface area contributed by atoms with Crippen LogP contribution in [0.1, 0.15) is 35.2 Å². The van der Waals surface area contributed by atoms with E-state index in [1.165, 1.54) is 0 Å². The van der Waals surface area contributed by atoms with Crippen molar-refractivity contribution in [3.05, 3.63) is 54.1 Å². The van der Waals surface area contributed by atoms with E-state index >= 15 is 0 Å². The molecule has 1 saturated carbocycles. The Morgan fingerprint density at radius 1 is 1.36 bits per heavy atom. The van der Waals surface area contributed by atoms with Crippen molar-refractivity contribution in [2.45, 2.75) is 31.8 Å². The van der Waals surface area contributed by atoms with Crippen LogP contribution in [0.5, 0.6) is 0 Å². The van der Waals surface area contributed by atoms with E-state index < -0.39 is 0 Å². The molecule has 5 heteroatoms. The van der Waals surface area contributed by atoms with Crippen LogP contribution in [-0.4, -0.2) is 33.2 Å². The van der Waals surface area contributed by atoms with Gasteiger partial charge in [0.2, 0.25) is 0 Å². The monoisotopic (exact) mass is 299 g/mol. The van der Waals surface area contributed by atoms with Crippen molar-refractivity contribution in [3.63, 3.8) is 0 Å². The third-order valence-electron chi connectivity index (χ3n) is 4.09. The second-order valence-corrected chi connectivity index (χ2v) is 5.86. The number of aromatic nitrogens is 2. The number of aliphatic hydroxyl groups excluding tert-OH is 1. The number of hydrogen-bond acceptors (Lipinski definition) is 3. The number of amides is 1. The first-order valence-corrected chi connectivity index (χ1v) is 7.72. The van der Waals surface area contributed by atoms with E-state index in [1.807, 2.05) is 35.0 Å². The molecule has 1 aliphatic carbocycles. The van der Waals surface area contributed by atoms with Crippen LogP contribution in [0.4, 0.5) is 0 Å². The van der Waals surface area contributed by atoms with Crippen LogP contribution in [0.2, 0.25) is 0 Å². The van der Waals surface area contributed by atoms with Crippen LogP contribution in [0, 0.1) is 5.92 Å². The number of aliphatic hydroxyl groups is 1. The minimum absolute atomic E-state index is 0.0560. The lowest BCUT2D eigenvalue weighted by atomic mass is 10.1. The van der Waals surface area contributed by atoms with Gasteiger partial charge in [-0.2, -0.15) is 0 Å². The van der Waals surface area contributed by atoms with Crippen molar-refractivity contribution >= 4 is 5.91 Å². The van der Waals surface area contributed by atoms with E-state index in [9.17, 15) is 4.79 Å². The van der Waals surface area contributed by atoms with Gasteiger partial charge in [0.15, 0.2) is 0 Å². The number of imidazole rings is 1. The van der Waals surface area contributed by atoms with Gasteiger partial charge in [-0.15, -0.1) is 0 Å². The van der Waals surface area contributed by atoms with Crippen LogP contribution in [0.3, 0.4) is 0 Å². The van der Waals surface area contributed by atoms with Crippen molar-refractivity contribution in [1.82, 2.24) is 14.9 Å². The highest BCUT2D eigenvalue weighted by Gasteiger charge is 2.31. The van der Waals surface area contributed by atoms with E-state index in [0.717, 1.165) is 24.9 Å². The minimum Gasteiger partial charge on any atom is -0.396 e. The summed E-state index contributed by atoms with van der Waals surface area (Å²) in [6, 6.07) is 7.73. The highest BCUT2D eigenvalue weighted by Crippen LogP contribution is 2.34. The average Bonchev–Trinajstić information content (AvgIpc) is 3.26. The lowest BCUT2D eigenvalue weighted by Gasteiger charge is -2.17. The van der Waals surface area contributed by atoms with E-state index in [2.05, 4.69) is 10.3 Å². The molecule has 3 rings (SSSR count). The van der Waals surface area contributed by atoms with Gasteiger partial charge < -0.3 is 15.0 Å². The predicted molar refractivity (Wildman–Crippen MR) is 83.5 cm³/mol. The molecule has 2 aromatic rings. The third-order valence-corrected chi connectivity index (χ3v) is 4.09. The van der Waals surface area contributed by atoms with Gasteiger partial charge in [-0.05, 0) is 42.9 Å². The predicted octanol–water partition coefficient (Wildman–Crippen LogP) is 1.82. The third kappa shape index (κ3) is 3.74. The lowest BCUT2D eigenvalue weighted by molar-refractivity contribution is 0.0924. The molecular formula is C17H21N3O2. The molecule has 1 amide bonds. The summed E-state index contributed by atoms with van der Waals surface area (Å²) >= 11 is 0. The number of nitrogens with zero attached hydrogens (tertiary/aromatic N) is 2. The highest BCUT2D eigenvalue weighted by molar-refractivity contribution is 5.94. The summed E-state index contributed by atoms with van der Waals surface area (Å²) < 4.78 is 1.99. The Balaban J connectivity index is 1.60. The van der Waals surface area contributed by atoms with Gasteiger partial charge >= 0.3 is 0 Å². The Labute approximate surface area is 130 Å². The number of carbonyl (C=O) groups is 1. The zero-order chi connectivity index (χ0) is 15.4. The number of carbonyl (C=O) groups excluding carboxylic acids is 1. The second-order valence-electron chi connectivity index (χ2n) is 5.86. The van der Waals surface area contributed by atoms with Gasteiger partial charge in [-0.25, -0.2) is 4.98 Å². The van der Waals surface area contributed by atoms with E-state index in [4.69, 9.17) is 5.11 Å². The van der Waals surface area contributed by atoms with E-state index in [-0.39, 0.29) is 18.6 Å². The molecule has 5 nitrogen and oxygen atoms in total. The lowest BCUT2D eigenvalue weighted by Crippen LogP contribution is -2.37. The molecule has 1 fully saturated rings. The molecule has 1 aromatic carbocycles. The first kappa shape index (κ1) is 14.8. The van der Waals surface area contributed by atoms with Crippen LogP contribution >= 0.6 is 0 Å². The van der Waals surface area contributed by atoms with Crippen molar-refractivity contribution in [1.29, 1.82) is 0 Å². The summed E-state index contributed by atoms with van der Waals surface area (Å²) in [7, 11) is 0. The zero-order valence-electron chi connectivity index (χ0n) is 12.5. The fourth-order valence-corrected chi connectivity index (χ4v) is 2.67. The fraction of sp³-hybridized carbons (Fsp3) is 0.412. The Morgan fingerprint density at radius 2 is 2.14 bits per heavy atom. The summed E-state index contributed by atoms with van der Waals surface area (Å²) in [6.45, 7) is 0.863. The summed E-state index contributed by atoms with van der Waals surface area (Å²) in [5.41, 5.74) is 1.79. The molecular weight excluding hydrogens is 278 g/mol. The Morgan fingerprint density at radius 3 is 2.73 bits per heavy atom. The highest BCUT2D eigenvalue weighted by atomic mass is 16.3. The molecule has 0 spiro atoms. The largest absolute Gasteiger partial charge is 0.396 e. The average molecular weight is 299 g/mol. The van der Waals surface area contributed by atoms with Crippen LogP contribution < -0.4 is 5.32 Å². The Bertz CT molecular complexity index is 603. The van der Waals surface area contributed by atoms with Crippen LogP contribution in [0.25, 0.3) is 0 Å². The van der Waals surface area contributed by atoms with Gasteiger partial charge in [0.1, 0.15) is 0 Å². The molecule has 0 aliphatic heterocycles. The van der Waals surface area contributed by atoms with Gasteiger partial charge in [0.05, 0.1) is 6.33 Å². The van der Waals surface area contributed by atoms with Crippen LogP contribution in [-0.2, 0) is 6.54 Å². The SMILES string of the molecule is O=C(NC(CCO)C1CC1)c1ccc(Cn2ccnc2)cc1. The topological polar surface area (TPSA) is 67.2 Å². The number of benzene rings is 1. The number of nitrogens with one attached hydrogen (secondary N) is 1. The minimum atomic E-state index is -0.0560. The maximum Gasteiger partial charge on any atom is 0.251 e. The number of rotatable bonds is 7. The smallest absolute Gasteiger partial charge is 0.251 e. The molecule has 0 saturated heterocycles. The molecule has 1 unspecified atom stereocenters. The molecule has 116 valence electrons. The molecule has 0 radical (unpaired) electrons. The summed E-state index contributed by atoms with van der Waals surface area (Å²) in [4.78, 5) is 16.3. The zero-order valence-corrected chi connectivity index (χ0v) is 12.5. The standard InChI is InChI=1S/C17H21N3O2/c21-10-7-16(14-5-6-14)19-17(22)15-3-1-13(2-4-15)11-20-9-8-18-12-20/h1-4,8-9,12,14,16,21H,5-7,10-11H2,(H,19,22). The molecule has 1 atom stereocenters. The molecule has 2 N–H and O–H groups in total. The maximum atomic E-state index is 12.3. The molecule has 0 bridgehead atoms. The Hall–Kier alpha value is -2.14. The summed E-state index contributed by atoms with van der Waals surface area (Å²) in [5, 5.41) is 12.1. The second kappa shape index (κ2) is 6.75. The summed E-state index contributed by atoms with van der Waals surface area (Å²) in [5.74, 6) is 0.483. The van der Waals surface area contributed by atoms with Gasteiger partial charge in [-0.3, -0.25) is 4.79 Å². The molecule has 1 aliphatic rings. The van der Waals surface area contributed by atoms with Crippen LogP contribution in [0.15, 0.2) is 43.0 Å². The van der Waals surface area contributed by atoms with Gasteiger partial charge in [-0.1, -0.05) is 12.1 Å². The normalized spacial score (nSPS) is 15.5. The molecule has 1 heterocycles. The van der Waals surface area contributed by atoms with Gasteiger partial charge in [0, 0.05) is 37.2 Å². The number of hydrogen-bond donors (Lipinski definition) is 2. The molecule has 1 aromatic heterocycles. The first-order valence-electron chi connectivity index (χ1n) is 7.72. The van der Waals surface area contributed by atoms with Crippen molar-refractivity contribution in [3.8, 4) is 0 Å². The van der Waals surface area contributed by atoms with E-state index in [1.54, 1.807) is 12.5 Å².